The molecule has 0 bridgehead atoms. The van der Waals surface area contributed by atoms with Gasteiger partial charge in [-0.15, -0.1) is 0 Å². The Labute approximate surface area is 106 Å². The first-order chi connectivity index (χ1) is 8.37. The summed E-state index contributed by atoms with van der Waals surface area (Å²) in [7, 11) is -3.05. The van der Waals surface area contributed by atoms with Gasteiger partial charge in [-0.2, -0.15) is 0 Å². The molecule has 0 saturated carbocycles. The molecular weight excluding hydrogens is 256 g/mol. The van der Waals surface area contributed by atoms with Crippen molar-refractivity contribution in [3.63, 3.8) is 0 Å². The Morgan fingerprint density at radius 3 is 2.67 bits per heavy atom. The minimum absolute atomic E-state index is 0.00153. The lowest BCUT2D eigenvalue weighted by molar-refractivity contribution is 0.0698. The van der Waals surface area contributed by atoms with Gasteiger partial charge in [0.2, 0.25) is 0 Å². The van der Waals surface area contributed by atoms with Gasteiger partial charge >= 0.3 is 5.97 Å². The van der Waals surface area contributed by atoms with E-state index in [1.54, 1.807) is 19.1 Å². The van der Waals surface area contributed by atoms with Crippen molar-refractivity contribution in [2.45, 2.75) is 6.92 Å². The van der Waals surface area contributed by atoms with Crippen LogP contribution in [0.1, 0.15) is 17.3 Å². The average molecular weight is 272 g/mol. The maximum Gasteiger partial charge on any atom is 0.337 e. The van der Waals surface area contributed by atoms with Gasteiger partial charge in [-0.1, -0.05) is 13.0 Å². The number of carboxylic acid groups (broad SMARTS) is 1. The number of benzene rings is 1. The predicted molar refractivity (Wildman–Crippen MR) is 70.6 cm³/mol. The van der Waals surface area contributed by atoms with Gasteiger partial charge in [0.05, 0.1) is 22.7 Å². The van der Waals surface area contributed by atoms with E-state index in [0.717, 1.165) is 0 Å². The Kier molecular flexibility index (Phi) is 4.55. The van der Waals surface area contributed by atoms with Crippen molar-refractivity contribution in [2.24, 2.45) is 0 Å². The Morgan fingerprint density at radius 1 is 1.44 bits per heavy atom. The molecule has 0 saturated heterocycles. The molecule has 0 aliphatic carbocycles. The zero-order valence-electron chi connectivity index (χ0n) is 10.0. The third-order valence-corrected chi connectivity index (χ3v) is 4.21. The van der Waals surface area contributed by atoms with Gasteiger partial charge in [0, 0.05) is 12.3 Å². The van der Waals surface area contributed by atoms with E-state index in [1.165, 1.54) is 6.07 Å². The molecule has 1 aromatic rings. The van der Waals surface area contributed by atoms with Crippen LogP contribution in [0.25, 0.3) is 0 Å². The van der Waals surface area contributed by atoms with Gasteiger partial charge in [0.25, 0.3) is 0 Å². The molecule has 1 aromatic carbocycles. The highest BCUT2D eigenvalue weighted by atomic mass is 32.2. The molecule has 0 spiro atoms. The second-order valence-corrected chi connectivity index (χ2v) is 6.21. The van der Waals surface area contributed by atoms with E-state index >= 15 is 0 Å². The SMILES string of the molecule is CCS(=O)(=O)CCNc1cccc(C(=O)O)c1N. The minimum atomic E-state index is -3.05. The number of hydrogen-bond acceptors (Lipinski definition) is 5. The van der Waals surface area contributed by atoms with Gasteiger partial charge in [-0.25, -0.2) is 13.2 Å². The van der Waals surface area contributed by atoms with E-state index in [9.17, 15) is 13.2 Å². The molecule has 0 aliphatic rings. The third-order valence-electron chi connectivity index (χ3n) is 2.50. The fraction of sp³-hybridized carbons (Fsp3) is 0.364. The molecule has 0 unspecified atom stereocenters. The molecule has 7 heteroatoms. The minimum Gasteiger partial charge on any atom is -0.478 e. The maximum atomic E-state index is 11.3. The zero-order valence-corrected chi connectivity index (χ0v) is 10.8. The number of rotatable bonds is 6. The highest BCUT2D eigenvalue weighted by molar-refractivity contribution is 7.91. The molecule has 1 rings (SSSR count). The monoisotopic (exact) mass is 272 g/mol. The molecule has 0 aromatic heterocycles. The molecule has 0 amide bonds. The lowest BCUT2D eigenvalue weighted by atomic mass is 10.1. The van der Waals surface area contributed by atoms with E-state index in [2.05, 4.69) is 5.32 Å². The summed E-state index contributed by atoms with van der Waals surface area (Å²) in [5, 5.41) is 11.7. The van der Waals surface area contributed by atoms with Crippen LogP contribution in [0.15, 0.2) is 18.2 Å². The van der Waals surface area contributed by atoms with Crippen LogP contribution in [-0.4, -0.2) is 37.5 Å². The van der Waals surface area contributed by atoms with Gasteiger partial charge in [0.1, 0.15) is 0 Å². The van der Waals surface area contributed by atoms with E-state index < -0.39 is 15.8 Å². The first-order valence-electron chi connectivity index (χ1n) is 5.43. The zero-order chi connectivity index (χ0) is 13.8. The van der Waals surface area contributed by atoms with Crippen molar-refractivity contribution in [1.29, 1.82) is 0 Å². The Morgan fingerprint density at radius 2 is 2.11 bits per heavy atom. The standard InChI is InChI=1S/C11H16N2O4S/c1-2-18(16,17)7-6-13-9-5-3-4-8(10(9)12)11(14)15/h3-5,13H,2,6-7,12H2,1H3,(H,14,15). The molecule has 18 heavy (non-hydrogen) atoms. The van der Waals surface area contributed by atoms with E-state index in [-0.39, 0.29) is 29.3 Å². The van der Waals surface area contributed by atoms with Gasteiger partial charge in [-0.05, 0) is 12.1 Å². The summed E-state index contributed by atoms with van der Waals surface area (Å²) < 4.78 is 22.6. The van der Waals surface area contributed by atoms with Crippen molar-refractivity contribution < 1.29 is 18.3 Å². The smallest absolute Gasteiger partial charge is 0.337 e. The van der Waals surface area contributed by atoms with Crippen LogP contribution < -0.4 is 11.1 Å². The molecule has 6 nitrogen and oxygen atoms in total. The van der Waals surface area contributed by atoms with Crippen LogP contribution >= 0.6 is 0 Å². The summed E-state index contributed by atoms with van der Waals surface area (Å²) in [6, 6.07) is 4.56. The number of carboxylic acids is 1. The van der Waals surface area contributed by atoms with Gasteiger partial charge < -0.3 is 16.2 Å². The van der Waals surface area contributed by atoms with E-state index in [1.807, 2.05) is 0 Å². The number of nitrogens with one attached hydrogen (secondary N) is 1. The Bertz CT molecular complexity index is 540. The highest BCUT2D eigenvalue weighted by Gasteiger charge is 2.11. The lowest BCUT2D eigenvalue weighted by Gasteiger charge is -2.10. The highest BCUT2D eigenvalue weighted by Crippen LogP contribution is 2.22. The Balaban J connectivity index is 2.75. The first-order valence-corrected chi connectivity index (χ1v) is 7.25. The molecule has 100 valence electrons. The molecule has 0 aliphatic heterocycles. The van der Waals surface area contributed by atoms with Crippen molar-refractivity contribution >= 4 is 27.2 Å². The number of sulfone groups is 1. The van der Waals surface area contributed by atoms with Crippen molar-refractivity contribution in [2.75, 3.05) is 29.1 Å². The summed E-state index contributed by atoms with van der Waals surface area (Å²) in [4.78, 5) is 10.8. The number of nitrogens with two attached hydrogens (primary N) is 1. The normalized spacial score (nSPS) is 11.2. The number of carbonyl (C=O) groups is 1. The van der Waals surface area contributed by atoms with Gasteiger partial charge in [-0.3, -0.25) is 0 Å². The molecule has 0 atom stereocenters. The molecule has 0 radical (unpaired) electrons. The summed E-state index contributed by atoms with van der Waals surface area (Å²) >= 11 is 0. The number of aromatic carboxylic acids is 1. The number of anilines is 2. The second-order valence-electron chi connectivity index (χ2n) is 3.74. The Hall–Kier alpha value is -1.76. The van der Waals surface area contributed by atoms with Crippen LogP contribution in [0.4, 0.5) is 11.4 Å². The number of para-hydroxylation sites is 1. The number of hydrogen-bond donors (Lipinski definition) is 3. The number of nitrogen functional groups attached to an aromatic ring is 1. The molecule has 0 fully saturated rings. The summed E-state index contributed by atoms with van der Waals surface area (Å²) in [6.07, 6.45) is 0. The van der Waals surface area contributed by atoms with E-state index in [0.29, 0.717) is 5.69 Å². The van der Waals surface area contributed by atoms with E-state index in [4.69, 9.17) is 10.8 Å². The van der Waals surface area contributed by atoms with Crippen LogP contribution in [0.2, 0.25) is 0 Å². The predicted octanol–water partition coefficient (Wildman–Crippen LogP) is 0.814. The molecular formula is C11H16N2O4S. The fourth-order valence-electron chi connectivity index (χ4n) is 1.39. The van der Waals surface area contributed by atoms with Crippen LogP contribution in [0.3, 0.4) is 0 Å². The largest absolute Gasteiger partial charge is 0.478 e. The molecule has 4 N–H and O–H groups in total. The van der Waals surface area contributed by atoms with Crippen molar-refractivity contribution in [1.82, 2.24) is 0 Å². The topological polar surface area (TPSA) is 109 Å². The third kappa shape index (κ3) is 3.63. The lowest BCUT2D eigenvalue weighted by Crippen LogP contribution is -2.18. The second kappa shape index (κ2) is 5.72. The summed E-state index contributed by atoms with van der Waals surface area (Å²) in [5.74, 6) is -1.04. The summed E-state index contributed by atoms with van der Waals surface area (Å²) in [6.45, 7) is 1.78. The van der Waals surface area contributed by atoms with Crippen LogP contribution in [-0.2, 0) is 9.84 Å². The average Bonchev–Trinajstić information content (AvgIpc) is 2.31. The fourth-order valence-corrected chi connectivity index (χ4v) is 2.09. The first kappa shape index (κ1) is 14.3. The maximum absolute atomic E-state index is 11.3. The van der Waals surface area contributed by atoms with Gasteiger partial charge in [0.15, 0.2) is 9.84 Å². The van der Waals surface area contributed by atoms with Crippen molar-refractivity contribution in [3.8, 4) is 0 Å². The van der Waals surface area contributed by atoms with Crippen molar-refractivity contribution in [3.05, 3.63) is 23.8 Å². The molecule has 0 heterocycles. The van der Waals surface area contributed by atoms with Crippen LogP contribution in [0.5, 0.6) is 0 Å². The van der Waals surface area contributed by atoms with Crippen LogP contribution in [0, 0.1) is 0 Å². The quantitative estimate of drug-likeness (QED) is 0.661. The summed E-state index contributed by atoms with van der Waals surface area (Å²) in [5.41, 5.74) is 6.21.